The summed E-state index contributed by atoms with van der Waals surface area (Å²) in [5.41, 5.74) is 1.16. The van der Waals surface area contributed by atoms with Crippen molar-refractivity contribution in [1.82, 2.24) is 30.2 Å². The van der Waals surface area contributed by atoms with E-state index < -0.39 is 0 Å². The maximum Gasteiger partial charge on any atom is 0.225 e. The molecule has 0 saturated carbocycles. The smallest absolute Gasteiger partial charge is 0.225 e. The topological polar surface area (TPSA) is 95.5 Å². The Labute approximate surface area is 175 Å². The van der Waals surface area contributed by atoms with Gasteiger partial charge in [0.15, 0.2) is 6.04 Å². The lowest BCUT2D eigenvalue weighted by atomic mass is 10.0. The zero-order valence-electron chi connectivity index (χ0n) is 17.3. The summed E-state index contributed by atoms with van der Waals surface area (Å²) in [5.74, 6) is 2.46. The number of hydrogen-bond donors (Lipinski definition) is 1. The standard InChI is InChI=1S/C20H26N8O2/c1-29-15-14-28-19(23-24-25-28)18(16-4-6-17(30-2)7-5-16)26-10-12-27(13-11-26)20-21-8-3-9-22-20/h3-9,18H,10-15H2,1-2H3/p+1/t18-/m1/s1. The minimum atomic E-state index is 0.0154. The number of anilines is 1. The molecule has 1 saturated heterocycles. The number of benzene rings is 1. The van der Waals surface area contributed by atoms with Crippen LogP contribution in [0.1, 0.15) is 17.4 Å². The average molecular weight is 411 g/mol. The quantitative estimate of drug-likeness (QED) is 0.536. The van der Waals surface area contributed by atoms with Crippen LogP contribution in [0, 0.1) is 0 Å². The summed E-state index contributed by atoms with van der Waals surface area (Å²) in [6, 6.07) is 10.0. The van der Waals surface area contributed by atoms with Crippen molar-refractivity contribution in [3.05, 3.63) is 54.1 Å². The van der Waals surface area contributed by atoms with E-state index in [9.17, 15) is 0 Å². The molecule has 0 bridgehead atoms. The number of rotatable bonds is 8. The van der Waals surface area contributed by atoms with Gasteiger partial charge in [0.25, 0.3) is 0 Å². The Balaban J connectivity index is 1.59. The molecule has 0 amide bonds. The Bertz CT molecular complexity index is 910. The number of nitrogens with zero attached hydrogens (tertiary/aromatic N) is 7. The molecule has 30 heavy (non-hydrogen) atoms. The molecule has 3 heterocycles. The number of methoxy groups -OCH3 is 2. The second-order valence-electron chi connectivity index (χ2n) is 7.15. The monoisotopic (exact) mass is 411 g/mol. The maximum atomic E-state index is 5.34. The first-order valence-electron chi connectivity index (χ1n) is 10.1. The van der Waals surface area contributed by atoms with E-state index >= 15 is 0 Å². The van der Waals surface area contributed by atoms with E-state index in [0.29, 0.717) is 13.2 Å². The average Bonchev–Trinajstić information content (AvgIpc) is 3.27. The van der Waals surface area contributed by atoms with Crippen LogP contribution in [0.3, 0.4) is 0 Å². The van der Waals surface area contributed by atoms with E-state index in [0.717, 1.165) is 49.3 Å². The van der Waals surface area contributed by atoms with E-state index in [2.05, 4.69) is 42.5 Å². The van der Waals surface area contributed by atoms with Gasteiger partial charge in [-0.25, -0.2) is 14.6 Å². The van der Waals surface area contributed by atoms with Gasteiger partial charge >= 0.3 is 0 Å². The van der Waals surface area contributed by atoms with Crippen LogP contribution >= 0.6 is 0 Å². The predicted octanol–water partition coefficient (Wildman–Crippen LogP) is -0.387. The van der Waals surface area contributed by atoms with Crippen molar-refractivity contribution in [2.45, 2.75) is 12.6 Å². The molecule has 1 aliphatic heterocycles. The van der Waals surface area contributed by atoms with Gasteiger partial charge in [-0.15, -0.1) is 5.10 Å². The molecule has 0 unspecified atom stereocenters. The Kier molecular flexibility index (Phi) is 6.45. The molecule has 0 radical (unpaired) electrons. The molecule has 0 spiro atoms. The minimum Gasteiger partial charge on any atom is -0.497 e. The van der Waals surface area contributed by atoms with Crippen molar-refractivity contribution in [2.24, 2.45) is 0 Å². The highest BCUT2D eigenvalue weighted by Gasteiger charge is 2.34. The van der Waals surface area contributed by atoms with Gasteiger partial charge < -0.3 is 19.3 Å². The second-order valence-corrected chi connectivity index (χ2v) is 7.15. The van der Waals surface area contributed by atoms with Crippen LogP contribution in [0.15, 0.2) is 42.7 Å². The van der Waals surface area contributed by atoms with Gasteiger partial charge in [0.1, 0.15) is 5.75 Å². The number of ether oxygens (including phenoxy) is 2. The van der Waals surface area contributed by atoms with E-state index in [-0.39, 0.29) is 6.04 Å². The van der Waals surface area contributed by atoms with Gasteiger partial charge in [0.05, 0.1) is 46.4 Å². The molecular weight excluding hydrogens is 384 g/mol. The highest BCUT2D eigenvalue weighted by molar-refractivity contribution is 5.31. The van der Waals surface area contributed by atoms with Crippen molar-refractivity contribution < 1.29 is 14.4 Å². The first-order chi connectivity index (χ1) is 14.8. The van der Waals surface area contributed by atoms with Crippen LogP contribution < -0.4 is 14.5 Å². The van der Waals surface area contributed by atoms with Crippen molar-refractivity contribution in [1.29, 1.82) is 0 Å². The highest BCUT2D eigenvalue weighted by Crippen LogP contribution is 2.21. The number of hydrogen-bond acceptors (Lipinski definition) is 8. The molecule has 1 fully saturated rings. The summed E-state index contributed by atoms with van der Waals surface area (Å²) in [4.78, 5) is 12.4. The number of piperazine rings is 1. The molecule has 10 heteroatoms. The molecule has 158 valence electrons. The van der Waals surface area contributed by atoms with Crippen LogP contribution in [0.4, 0.5) is 5.95 Å². The van der Waals surface area contributed by atoms with Gasteiger partial charge in [-0.3, -0.25) is 0 Å². The number of quaternary nitrogens is 1. The molecule has 1 aliphatic rings. The van der Waals surface area contributed by atoms with Crippen molar-refractivity contribution in [3.63, 3.8) is 0 Å². The minimum absolute atomic E-state index is 0.0154. The fraction of sp³-hybridized carbons (Fsp3) is 0.450. The molecule has 1 aromatic carbocycles. The first-order valence-corrected chi connectivity index (χ1v) is 10.1. The van der Waals surface area contributed by atoms with Gasteiger partial charge in [-0.2, -0.15) is 0 Å². The lowest BCUT2D eigenvalue weighted by molar-refractivity contribution is -0.927. The first kappa shape index (κ1) is 20.2. The normalized spacial score (nSPS) is 15.9. The van der Waals surface area contributed by atoms with Crippen molar-refractivity contribution in [3.8, 4) is 5.75 Å². The summed E-state index contributed by atoms with van der Waals surface area (Å²) in [5, 5.41) is 12.5. The summed E-state index contributed by atoms with van der Waals surface area (Å²) in [6.07, 6.45) is 3.57. The number of aromatic nitrogens is 6. The molecule has 10 nitrogen and oxygen atoms in total. The van der Waals surface area contributed by atoms with E-state index in [4.69, 9.17) is 9.47 Å². The fourth-order valence-electron chi connectivity index (χ4n) is 3.86. The van der Waals surface area contributed by atoms with E-state index in [1.165, 1.54) is 4.90 Å². The van der Waals surface area contributed by atoms with Crippen molar-refractivity contribution in [2.75, 3.05) is 51.9 Å². The van der Waals surface area contributed by atoms with Gasteiger partial charge in [-0.1, -0.05) is 0 Å². The van der Waals surface area contributed by atoms with Crippen LogP contribution in [-0.2, 0) is 11.3 Å². The Hall–Kier alpha value is -3.11. The van der Waals surface area contributed by atoms with Crippen LogP contribution in [0.5, 0.6) is 5.75 Å². The van der Waals surface area contributed by atoms with Crippen molar-refractivity contribution >= 4 is 5.95 Å². The molecule has 1 atom stereocenters. The van der Waals surface area contributed by atoms with Gasteiger partial charge in [0.2, 0.25) is 11.8 Å². The van der Waals surface area contributed by atoms with E-state index in [1.54, 1.807) is 26.6 Å². The Morgan fingerprint density at radius 3 is 2.47 bits per heavy atom. The van der Waals surface area contributed by atoms with Gasteiger partial charge in [-0.05, 0) is 40.8 Å². The molecular formula is C20H27N8O2+. The predicted molar refractivity (Wildman–Crippen MR) is 109 cm³/mol. The maximum absolute atomic E-state index is 5.34. The Morgan fingerprint density at radius 1 is 1.07 bits per heavy atom. The third-order valence-electron chi connectivity index (χ3n) is 5.42. The third kappa shape index (κ3) is 4.39. The summed E-state index contributed by atoms with van der Waals surface area (Å²) in [7, 11) is 3.36. The summed E-state index contributed by atoms with van der Waals surface area (Å²) < 4.78 is 12.4. The summed E-state index contributed by atoms with van der Waals surface area (Å²) >= 11 is 0. The van der Waals surface area contributed by atoms with Crippen LogP contribution in [0.2, 0.25) is 0 Å². The summed E-state index contributed by atoms with van der Waals surface area (Å²) in [6.45, 7) is 4.75. The fourth-order valence-corrected chi connectivity index (χ4v) is 3.86. The lowest BCUT2D eigenvalue weighted by Crippen LogP contribution is -3.15. The van der Waals surface area contributed by atoms with Crippen LogP contribution in [0.25, 0.3) is 0 Å². The van der Waals surface area contributed by atoms with Gasteiger partial charge in [0, 0.05) is 25.1 Å². The molecule has 0 aliphatic carbocycles. The number of nitrogens with one attached hydrogen (secondary N) is 1. The lowest BCUT2D eigenvalue weighted by Gasteiger charge is -2.36. The SMILES string of the molecule is COCCn1nnnc1[C@@H](c1ccc(OC)cc1)[NH+]1CCN(c2ncccn2)CC1. The molecule has 1 N–H and O–H groups in total. The zero-order chi connectivity index (χ0) is 20.8. The third-order valence-corrected chi connectivity index (χ3v) is 5.42. The second kappa shape index (κ2) is 9.59. The highest BCUT2D eigenvalue weighted by atomic mass is 16.5. The molecule has 3 aromatic rings. The molecule has 2 aromatic heterocycles. The largest absolute Gasteiger partial charge is 0.497 e. The Morgan fingerprint density at radius 2 is 1.80 bits per heavy atom. The van der Waals surface area contributed by atoms with E-state index in [1.807, 2.05) is 22.9 Å². The van der Waals surface area contributed by atoms with Crippen LogP contribution in [-0.4, -0.2) is 77.2 Å². The zero-order valence-corrected chi connectivity index (χ0v) is 17.3. The molecule has 4 rings (SSSR count). The number of tetrazole rings is 1.